The van der Waals surface area contributed by atoms with Crippen LogP contribution in [0.5, 0.6) is 0 Å². The smallest absolute Gasteiger partial charge is 0.252 e. The van der Waals surface area contributed by atoms with Crippen molar-refractivity contribution in [2.45, 2.75) is 17.1 Å². The zero-order valence-corrected chi connectivity index (χ0v) is 13.1. The molecule has 2 rings (SSSR count). The van der Waals surface area contributed by atoms with Gasteiger partial charge in [-0.15, -0.1) is 11.3 Å². The summed E-state index contributed by atoms with van der Waals surface area (Å²) in [6, 6.07) is 3.22. The molecule has 1 amide bonds. The first kappa shape index (κ1) is 14.9. The van der Waals surface area contributed by atoms with Crippen LogP contribution < -0.4 is 5.48 Å². The molecule has 1 fully saturated rings. The number of hydroxylamine groups is 1. The van der Waals surface area contributed by atoms with Crippen molar-refractivity contribution in [3.05, 3.63) is 15.9 Å². The van der Waals surface area contributed by atoms with E-state index in [4.69, 9.17) is 5.21 Å². The molecule has 0 saturated carbocycles. The van der Waals surface area contributed by atoms with Crippen LogP contribution in [0.1, 0.15) is 12.8 Å². The van der Waals surface area contributed by atoms with E-state index in [1.165, 1.54) is 4.31 Å². The van der Waals surface area contributed by atoms with Crippen LogP contribution in [0.2, 0.25) is 0 Å². The van der Waals surface area contributed by atoms with E-state index < -0.39 is 21.8 Å². The van der Waals surface area contributed by atoms with E-state index in [2.05, 4.69) is 15.9 Å². The maximum absolute atomic E-state index is 12.4. The summed E-state index contributed by atoms with van der Waals surface area (Å²) in [6.45, 7) is 0.497. The van der Waals surface area contributed by atoms with Gasteiger partial charge in [0.1, 0.15) is 4.21 Å². The van der Waals surface area contributed by atoms with Crippen molar-refractivity contribution < 1.29 is 18.4 Å². The van der Waals surface area contributed by atoms with Crippen molar-refractivity contribution in [3.8, 4) is 0 Å². The third kappa shape index (κ3) is 3.16. The topological polar surface area (TPSA) is 86.7 Å². The number of nitrogens with one attached hydrogen (secondary N) is 1. The monoisotopic (exact) mass is 368 g/mol. The van der Waals surface area contributed by atoms with Crippen LogP contribution in [0.25, 0.3) is 0 Å². The molecule has 2 heterocycles. The van der Waals surface area contributed by atoms with Crippen LogP contribution in [-0.4, -0.2) is 36.9 Å². The normalized spacial score (nSPS) is 21.3. The van der Waals surface area contributed by atoms with E-state index in [0.717, 1.165) is 15.1 Å². The summed E-state index contributed by atoms with van der Waals surface area (Å²) in [5.41, 5.74) is 1.59. The first-order valence-electron chi connectivity index (χ1n) is 5.64. The number of halogens is 1. The summed E-state index contributed by atoms with van der Waals surface area (Å²) in [5.74, 6) is -1.04. The molecule has 9 heteroatoms. The molecule has 1 aliphatic heterocycles. The second-order valence-corrected chi connectivity index (χ2v) is 8.86. The average Bonchev–Trinajstić information content (AvgIpc) is 2.85. The lowest BCUT2D eigenvalue weighted by Crippen LogP contribution is -2.44. The first-order valence-corrected chi connectivity index (χ1v) is 8.69. The second kappa shape index (κ2) is 5.88. The van der Waals surface area contributed by atoms with Crippen LogP contribution >= 0.6 is 27.3 Å². The van der Waals surface area contributed by atoms with Gasteiger partial charge in [-0.1, -0.05) is 0 Å². The molecular weight excluding hydrogens is 356 g/mol. The van der Waals surface area contributed by atoms with Crippen molar-refractivity contribution in [2.24, 2.45) is 5.92 Å². The average molecular weight is 369 g/mol. The highest BCUT2D eigenvalue weighted by Gasteiger charge is 2.33. The van der Waals surface area contributed by atoms with Gasteiger partial charge in [-0.3, -0.25) is 10.0 Å². The summed E-state index contributed by atoms with van der Waals surface area (Å²) < 4.78 is 27.1. The standard InChI is InChI=1S/C10H13BrN2O4S2/c11-8-3-4-9(18-8)19(16,17)13-5-1-2-7(6-13)10(14)12-15/h3-4,7,15H,1-2,5-6H2,(H,12,14)/t7-/m0/s1. The summed E-state index contributed by atoms with van der Waals surface area (Å²) in [4.78, 5) is 11.4. The lowest BCUT2D eigenvalue weighted by Gasteiger charge is -2.30. The van der Waals surface area contributed by atoms with E-state index in [9.17, 15) is 13.2 Å². The Morgan fingerprint density at radius 3 is 2.84 bits per heavy atom. The molecule has 0 aromatic carbocycles. The molecule has 19 heavy (non-hydrogen) atoms. The molecule has 2 N–H and O–H groups in total. The van der Waals surface area contributed by atoms with Crippen LogP contribution in [0.3, 0.4) is 0 Å². The highest BCUT2D eigenvalue weighted by atomic mass is 79.9. The Balaban J connectivity index is 2.19. The second-order valence-electron chi connectivity index (χ2n) is 4.24. The Labute approximate surface area is 123 Å². The van der Waals surface area contributed by atoms with Gasteiger partial charge < -0.3 is 0 Å². The Kier molecular flexibility index (Phi) is 4.62. The Bertz CT molecular complexity index is 572. The molecular formula is C10H13BrN2O4S2. The molecule has 1 aromatic rings. The molecule has 1 atom stereocenters. The molecule has 106 valence electrons. The Morgan fingerprint density at radius 1 is 1.53 bits per heavy atom. The molecule has 0 bridgehead atoms. The fraction of sp³-hybridized carbons (Fsp3) is 0.500. The number of thiophene rings is 1. The van der Waals surface area contributed by atoms with E-state index in [1.807, 2.05) is 0 Å². The number of carbonyl (C=O) groups excluding carboxylic acids is 1. The highest BCUT2D eigenvalue weighted by molar-refractivity contribution is 9.11. The third-order valence-electron chi connectivity index (χ3n) is 3.01. The van der Waals surface area contributed by atoms with Crippen LogP contribution in [-0.2, 0) is 14.8 Å². The van der Waals surface area contributed by atoms with Gasteiger partial charge in [-0.2, -0.15) is 4.31 Å². The zero-order valence-electron chi connectivity index (χ0n) is 9.87. The molecule has 0 radical (unpaired) electrons. The molecule has 0 aliphatic carbocycles. The fourth-order valence-electron chi connectivity index (χ4n) is 2.03. The van der Waals surface area contributed by atoms with Crippen molar-refractivity contribution in [2.75, 3.05) is 13.1 Å². The van der Waals surface area contributed by atoms with E-state index in [0.29, 0.717) is 19.4 Å². The summed E-state index contributed by atoms with van der Waals surface area (Å²) in [6.07, 6.45) is 1.18. The number of piperidine rings is 1. The quantitative estimate of drug-likeness (QED) is 0.623. The van der Waals surface area contributed by atoms with Gasteiger partial charge in [-0.05, 0) is 40.9 Å². The van der Waals surface area contributed by atoms with Gasteiger partial charge in [0.15, 0.2) is 0 Å². The molecule has 1 aliphatic rings. The van der Waals surface area contributed by atoms with Crippen molar-refractivity contribution in [1.29, 1.82) is 0 Å². The van der Waals surface area contributed by atoms with Gasteiger partial charge in [0.05, 0.1) is 9.70 Å². The van der Waals surface area contributed by atoms with Crippen molar-refractivity contribution >= 4 is 43.2 Å². The maximum atomic E-state index is 12.4. The minimum absolute atomic E-state index is 0.101. The highest BCUT2D eigenvalue weighted by Crippen LogP contribution is 2.30. The number of amides is 1. The Morgan fingerprint density at radius 2 is 2.26 bits per heavy atom. The number of carbonyl (C=O) groups is 1. The molecule has 1 aromatic heterocycles. The van der Waals surface area contributed by atoms with Crippen LogP contribution in [0.15, 0.2) is 20.1 Å². The SMILES string of the molecule is O=C(NO)[C@H]1CCCN(S(=O)(=O)c2ccc(Br)s2)C1. The van der Waals surface area contributed by atoms with Crippen molar-refractivity contribution in [1.82, 2.24) is 9.79 Å². The largest absolute Gasteiger partial charge is 0.289 e. The number of nitrogens with zero attached hydrogens (tertiary/aromatic N) is 1. The molecule has 1 saturated heterocycles. The number of hydrogen-bond donors (Lipinski definition) is 2. The maximum Gasteiger partial charge on any atom is 0.252 e. The van der Waals surface area contributed by atoms with Gasteiger partial charge in [0.25, 0.3) is 10.0 Å². The van der Waals surface area contributed by atoms with Crippen molar-refractivity contribution in [3.63, 3.8) is 0 Å². The number of hydrogen-bond acceptors (Lipinski definition) is 5. The molecule has 6 nitrogen and oxygen atoms in total. The van der Waals surface area contributed by atoms with Crippen LogP contribution in [0, 0.1) is 5.92 Å². The molecule has 0 spiro atoms. The minimum atomic E-state index is -3.56. The minimum Gasteiger partial charge on any atom is -0.289 e. The third-order valence-corrected chi connectivity index (χ3v) is 6.96. The summed E-state index contributed by atoms with van der Waals surface area (Å²) in [7, 11) is -3.56. The predicted molar refractivity (Wildman–Crippen MR) is 73.4 cm³/mol. The van der Waals surface area contributed by atoms with Gasteiger partial charge in [0, 0.05) is 13.1 Å². The predicted octanol–water partition coefficient (Wildman–Crippen LogP) is 1.42. The number of rotatable bonds is 3. The lowest BCUT2D eigenvalue weighted by molar-refractivity contribution is -0.134. The van der Waals surface area contributed by atoms with Crippen LogP contribution in [0.4, 0.5) is 0 Å². The number of sulfonamides is 1. The lowest BCUT2D eigenvalue weighted by atomic mass is 9.99. The Hall–Kier alpha value is -0.480. The van der Waals surface area contributed by atoms with Gasteiger partial charge in [0.2, 0.25) is 5.91 Å². The summed E-state index contributed by atoms with van der Waals surface area (Å²) in [5, 5.41) is 8.62. The first-order chi connectivity index (χ1) is 8.95. The fourth-order valence-corrected chi connectivity index (χ4v) is 5.72. The van der Waals surface area contributed by atoms with Gasteiger partial charge in [-0.25, -0.2) is 13.9 Å². The summed E-state index contributed by atoms with van der Waals surface area (Å²) >= 11 is 4.37. The van der Waals surface area contributed by atoms with E-state index in [-0.39, 0.29) is 10.8 Å². The van der Waals surface area contributed by atoms with E-state index in [1.54, 1.807) is 17.6 Å². The van der Waals surface area contributed by atoms with Gasteiger partial charge >= 0.3 is 0 Å². The molecule has 0 unspecified atom stereocenters. The zero-order chi connectivity index (χ0) is 14.0. The van der Waals surface area contributed by atoms with E-state index >= 15 is 0 Å².